The van der Waals surface area contributed by atoms with Gasteiger partial charge in [0.05, 0.1) is 0 Å². The molecule has 0 atom stereocenters. The van der Waals surface area contributed by atoms with Gasteiger partial charge in [-0.25, -0.2) is 0 Å². The van der Waals surface area contributed by atoms with Crippen LogP contribution in [0.2, 0.25) is 0 Å². The van der Waals surface area contributed by atoms with E-state index < -0.39 is 5.97 Å². The Labute approximate surface area is 141 Å². The lowest BCUT2D eigenvalue weighted by Crippen LogP contribution is -2.00. The van der Waals surface area contributed by atoms with Crippen molar-refractivity contribution in [3.05, 3.63) is 36.5 Å². The normalized spacial score (nSPS) is 11.9. The fourth-order valence-electron chi connectivity index (χ4n) is 2.10. The Hall–Kier alpha value is -1.64. The summed E-state index contributed by atoms with van der Waals surface area (Å²) in [6.45, 7) is 2.22. The third-order valence-electron chi connectivity index (χ3n) is 3.45. The van der Waals surface area contributed by atoms with E-state index in [2.05, 4.69) is 37.3 Å². The molecule has 130 valence electrons. The van der Waals surface area contributed by atoms with Crippen LogP contribution >= 0.6 is 0 Å². The molecule has 0 radical (unpaired) electrons. The van der Waals surface area contributed by atoms with Crippen LogP contribution < -0.4 is 0 Å². The van der Waals surface area contributed by atoms with Gasteiger partial charge in [-0.3, -0.25) is 9.59 Å². The maximum Gasteiger partial charge on any atom is 0.303 e. The summed E-state index contributed by atoms with van der Waals surface area (Å²) >= 11 is 0. The van der Waals surface area contributed by atoms with Gasteiger partial charge in [-0.15, -0.1) is 0 Å². The van der Waals surface area contributed by atoms with Gasteiger partial charge in [0.25, 0.3) is 0 Å². The number of hydrogen-bond donors (Lipinski definition) is 1. The number of aliphatic carboxylic acids is 1. The van der Waals surface area contributed by atoms with E-state index in [1.165, 1.54) is 25.7 Å². The molecular formula is C20H32O3. The van der Waals surface area contributed by atoms with Crippen LogP contribution in [0.15, 0.2) is 36.5 Å². The number of hydrogen-bond acceptors (Lipinski definition) is 2. The third kappa shape index (κ3) is 18.3. The molecule has 0 aliphatic carbocycles. The van der Waals surface area contributed by atoms with Crippen molar-refractivity contribution in [2.24, 2.45) is 0 Å². The molecule has 0 rings (SSSR count). The zero-order valence-electron chi connectivity index (χ0n) is 14.5. The van der Waals surface area contributed by atoms with Crippen LogP contribution in [0.25, 0.3) is 0 Å². The first kappa shape index (κ1) is 21.4. The second-order valence-corrected chi connectivity index (χ2v) is 5.71. The van der Waals surface area contributed by atoms with Crippen molar-refractivity contribution in [2.45, 2.75) is 77.6 Å². The van der Waals surface area contributed by atoms with Crippen LogP contribution in [0, 0.1) is 0 Å². The molecule has 0 amide bonds. The van der Waals surface area contributed by atoms with Crippen molar-refractivity contribution >= 4 is 11.8 Å². The highest BCUT2D eigenvalue weighted by Crippen LogP contribution is 2.03. The van der Waals surface area contributed by atoms with Gasteiger partial charge in [0.2, 0.25) is 0 Å². The van der Waals surface area contributed by atoms with E-state index in [9.17, 15) is 9.59 Å². The Morgan fingerprint density at radius 2 is 1.35 bits per heavy atom. The van der Waals surface area contributed by atoms with Crippen molar-refractivity contribution in [1.82, 2.24) is 0 Å². The number of carboxylic acids is 1. The van der Waals surface area contributed by atoms with Crippen molar-refractivity contribution < 1.29 is 14.7 Å². The summed E-state index contributed by atoms with van der Waals surface area (Å²) in [4.78, 5) is 21.8. The SMILES string of the molecule is CCCCCC=CCC=CCC=CCCC(=O)CCCC(=O)O. The maximum absolute atomic E-state index is 11.5. The Morgan fingerprint density at radius 1 is 0.739 bits per heavy atom. The fourth-order valence-corrected chi connectivity index (χ4v) is 2.10. The van der Waals surface area contributed by atoms with Crippen molar-refractivity contribution in [3.8, 4) is 0 Å². The predicted octanol–water partition coefficient (Wildman–Crippen LogP) is 5.62. The van der Waals surface area contributed by atoms with Crippen molar-refractivity contribution in [3.63, 3.8) is 0 Å². The van der Waals surface area contributed by atoms with E-state index >= 15 is 0 Å². The standard InChI is InChI=1S/C20H32O3/c1-2-3-4-5-6-7-8-9-10-11-12-13-14-16-19(21)17-15-18-20(22)23/h6-7,9-10,12-13H,2-5,8,11,14-18H2,1H3,(H,22,23). The molecular weight excluding hydrogens is 288 g/mol. The van der Waals surface area contributed by atoms with Gasteiger partial charge in [-0.05, 0) is 38.5 Å². The largest absolute Gasteiger partial charge is 0.481 e. The van der Waals surface area contributed by atoms with E-state index in [0.29, 0.717) is 19.3 Å². The second kappa shape index (κ2) is 16.7. The van der Waals surface area contributed by atoms with Crippen LogP contribution in [0.4, 0.5) is 0 Å². The molecule has 0 aliphatic heterocycles. The molecule has 0 bridgehead atoms. The highest BCUT2D eigenvalue weighted by molar-refractivity contribution is 5.79. The molecule has 0 aromatic rings. The van der Waals surface area contributed by atoms with Crippen LogP contribution in [-0.4, -0.2) is 16.9 Å². The number of unbranched alkanes of at least 4 members (excludes halogenated alkanes) is 3. The lowest BCUT2D eigenvalue weighted by atomic mass is 10.1. The molecule has 0 saturated heterocycles. The first-order valence-electron chi connectivity index (χ1n) is 8.85. The van der Waals surface area contributed by atoms with Gasteiger partial charge in [0.15, 0.2) is 0 Å². The van der Waals surface area contributed by atoms with Crippen LogP contribution in [0.5, 0.6) is 0 Å². The van der Waals surface area contributed by atoms with Gasteiger partial charge in [0, 0.05) is 19.3 Å². The first-order valence-corrected chi connectivity index (χ1v) is 8.85. The Kier molecular flexibility index (Phi) is 15.5. The quantitative estimate of drug-likeness (QED) is 0.315. The number of carboxylic acid groups (broad SMARTS) is 1. The highest BCUT2D eigenvalue weighted by atomic mass is 16.4. The summed E-state index contributed by atoms with van der Waals surface area (Å²) in [5.41, 5.74) is 0. The Bertz CT molecular complexity index is 392. The average molecular weight is 320 g/mol. The van der Waals surface area contributed by atoms with Gasteiger partial charge in [-0.1, -0.05) is 56.2 Å². The molecule has 0 heterocycles. The zero-order chi connectivity index (χ0) is 17.2. The molecule has 23 heavy (non-hydrogen) atoms. The molecule has 1 N–H and O–H groups in total. The fraction of sp³-hybridized carbons (Fsp3) is 0.600. The average Bonchev–Trinajstić information content (AvgIpc) is 2.51. The highest BCUT2D eigenvalue weighted by Gasteiger charge is 2.02. The van der Waals surface area contributed by atoms with Gasteiger partial charge in [0.1, 0.15) is 5.78 Å². The summed E-state index contributed by atoms with van der Waals surface area (Å²) in [5.74, 6) is -0.681. The summed E-state index contributed by atoms with van der Waals surface area (Å²) in [7, 11) is 0. The Balaban J connectivity index is 3.47. The maximum atomic E-state index is 11.5. The van der Waals surface area contributed by atoms with E-state index in [4.69, 9.17) is 5.11 Å². The van der Waals surface area contributed by atoms with Crippen LogP contribution in [-0.2, 0) is 9.59 Å². The van der Waals surface area contributed by atoms with E-state index in [0.717, 1.165) is 19.3 Å². The minimum atomic E-state index is -0.833. The number of rotatable bonds is 15. The summed E-state index contributed by atoms with van der Waals surface area (Å²) < 4.78 is 0. The molecule has 0 aromatic carbocycles. The molecule has 0 aliphatic rings. The topological polar surface area (TPSA) is 54.4 Å². The molecule has 0 spiro atoms. The molecule has 3 nitrogen and oxygen atoms in total. The van der Waals surface area contributed by atoms with E-state index in [-0.39, 0.29) is 12.2 Å². The van der Waals surface area contributed by atoms with Gasteiger partial charge < -0.3 is 5.11 Å². The monoisotopic (exact) mass is 320 g/mol. The lowest BCUT2D eigenvalue weighted by molar-refractivity contribution is -0.137. The Morgan fingerprint density at radius 3 is 1.96 bits per heavy atom. The zero-order valence-corrected chi connectivity index (χ0v) is 14.5. The smallest absolute Gasteiger partial charge is 0.303 e. The van der Waals surface area contributed by atoms with Gasteiger partial charge >= 0.3 is 5.97 Å². The lowest BCUT2D eigenvalue weighted by Gasteiger charge is -1.96. The number of carbonyl (C=O) groups is 2. The van der Waals surface area contributed by atoms with E-state index in [1.54, 1.807) is 0 Å². The minimum Gasteiger partial charge on any atom is -0.481 e. The van der Waals surface area contributed by atoms with Crippen LogP contribution in [0.1, 0.15) is 77.6 Å². The summed E-state index contributed by atoms with van der Waals surface area (Å²) in [5, 5.41) is 8.49. The number of carbonyl (C=O) groups excluding carboxylic acids is 1. The van der Waals surface area contributed by atoms with Crippen molar-refractivity contribution in [2.75, 3.05) is 0 Å². The number of ketones is 1. The van der Waals surface area contributed by atoms with Gasteiger partial charge in [-0.2, -0.15) is 0 Å². The minimum absolute atomic E-state index is 0.0828. The molecule has 3 heteroatoms. The van der Waals surface area contributed by atoms with Crippen LogP contribution in [0.3, 0.4) is 0 Å². The number of allylic oxidation sites excluding steroid dienone is 6. The van der Waals surface area contributed by atoms with E-state index in [1.807, 2.05) is 6.08 Å². The third-order valence-corrected chi connectivity index (χ3v) is 3.45. The predicted molar refractivity (Wildman–Crippen MR) is 96.5 cm³/mol. The first-order chi connectivity index (χ1) is 11.2. The molecule has 0 saturated carbocycles. The summed E-state index contributed by atoms with van der Waals surface area (Å²) in [6, 6.07) is 0. The second-order valence-electron chi connectivity index (χ2n) is 5.71. The molecule has 0 unspecified atom stereocenters. The molecule has 0 fully saturated rings. The number of Topliss-reactive ketones (excluding diaryl/α,β-unsaturated/α-hetero) is 1. The summed E-state index contributed by atoms with van der Waals surface area (Å²) in [6.07, 6.45) is 22.0. The van der Waals surface area contributed by atoms with Crippen molar-refractivity contribution in [1.29, 1.82) is 0 Å². The molecule has 0 aromatic heterocycles.